The predicted octanol–water partition coefficient (Wildman–Crippen LogP) is 5.89. The minimum atomic E-state index is -0.155. The summed E-state index contributed by atoms with van der Waals surface area (Å²) >= 11 is 6.38. The van der Waals surface area contributed by atoms with Crippen molar-refractivity contribution in [1.82, 2.24) is 4.57 Å². The highest BCUT2D eigenvalue weighted by Crippen LogP contribution is 2.32. The molecule has 3 aromatic rings. The van der Waals surface area contributed by atoms with Gasteiger partial charge in [-0.25, -0.2) is 0 Å². The molecule has 27 heavy (non-hydrogen) atoms. The van der Waals surface area contributed by atoms with Gasteiger partial charge in [-0.05, 0) is 75.6 Å². The van der Waals surface area contributed by atoms with Crippen molar-refractivity contribution in [3.8, 4) is 5.75 Å². The Bertz CT molecular complexity index is 998. The number of aryl methyl sites for hydroxylation is 4. The van der Waals surface area contributed by atoms with Crippen molar-refractivity contribution in [3.05, 3.63) is 57.7 Å². The molecule has 1 amide bonds. The molecule has 0 saturated carbocycles. The lowest BCUT2D eigenvalue weighted by Gasteiger charge is -2.13. The van der Waals surface area contributed by atoms with E-state index in [0.717, 1.165) is 33.3 Å². The number of aromatic nitrogens is 1. The molecular formula is C22H25ClN2O2. The van der Waals surface area contributed by atoms with E-state index in [-0.39, 0.29) is 5.91 Å². The van der Waals surface area contributed by atoms with Gasteiger partial charge in [0.1, 0.15) is 11.4 Å². The Balaban J connectivity index is 2.08. The van der Waals surface area contributed by atoms with Gasteiger partial charge in [0, 0.05) is 17.4 Å². The Morgan fingerprint density at radius 1 is 1.15 bits per heavy atom. The van der Waals surface area contributed by atoms with Gasteiger partial charge < -0.3 is 14.6 Å². The number of fused-ring (bicyclic) bond motifs is 1. The molecule has 1 aromatic heterocycles. The van der Waals surface area contributed by atoms with Crippen LogP contribution in [0.15, 0.2) is 30.3 Å². The van der Waals surface area contributed by atoms with E-state index in [1.165, 1.54) is 0 Å². The van der Waals surface area contributed by atoms with Crippen molar-refractivity contribution in [3.63, 3.8) is 0 Å². The summed E-state index contributed by atoms with van der Waals surface area (Å²) in [6.07, 6.45) is 0. The summed E-state index contributed by atoms with van der Waals surface area (Å²) in [6.45, 7) is 11.2. The fourth-order valence-electron chi connectivity index (χ4n) is 3.63. The lowest BCUT2D eigenvalue weighted by molar-refractivity contribution is 0.101. The lowest BCUT2D eigenvalue weighted by atomic mass is 10.1. The van der Waals surface area contributed by atoms with Crippen molar-refractivity contribution in [2.24, 2.45) is 0 Å². The third kappa shape index (κ3) is 3.54. The van der Waals surface area contributed by atoms with Crippen LogP contribution in [0, 0.1) is 20.8 Å². The molecule has 5 heteroatoms. The molecule has 142 valence electrons. The number of amides is 1. The smallest absolute Gasteiger partial charge is 0.272 e. The number of halogens is 1. The zero-order valence-corrected chi connectivity index (χ0v) is 17.2. The van der Waals surface area contributed by atoms with Crippen LogP contribution < -0.4 is 10.1 Å². The van der Waals surface area contributed by atoms with E-state index in [0.29, 0.717) is 29.6 Å². The van der Waals surface area contributed by atoms with Gasteiger partial charge in [0.2, 0.25) is 0 Å². The number of hydrogen-bond acceptors (Lipinski definition) is 2. The molecule has 0 fully saturated rings. The first kappa shape index (κ1) is 19.3. The maximum atomic E-state index is 13.2. The maximum absolute atomic E-state index is 13.2. The van der Waals surface area contributed by atoms with Crippen LogP contribution in [-0.2, 0) is 6.54 Å². The topological polar surface area (TPSA) is 43.3 Å². The minimum Gasteiger partial charge on any atom is -0.494 e. The quantitative estimate of drug-likeness (QED) is 0.595. The standard InChI is InChI=1S/C22H25ClN2O2/c1-6-25-19-9-8-16(27-7-2)12-17(19)15(5)21(25)22(26)24-20-14(4)10-13(3)11-18(20)23/h8-12H,6-7H2,1-5H3,(H,24,26). The molecule has 0 atom stereocenters. The molecule has 0 saturated heterocycles. The van der Waals surface area contributed by atoms with Gasteiger partial charge >= 0.3 is 0 Å². The minimum absolute atomic E-state index is 0.155. The number of carbonyl (C=O) groups is 1. The molecule has 0 radical (unpaired) electrons. The van der Waals surface area contributed by atoms with Gasteiger partial charge in [0.15, 0.2) is 0 Å². The summed E-state index contributed by atoms with van der Waals surface area (Å²) in [7, 11) is 0. The number of ether oxygens (including phenoxy) is 1. The monoisotopic (exact) mass is 384 g/mol. The van der Waals surface area contributed by atoms with E-state index in [1.54, 1.807) is 0 Å². The number of carbonyl (C=O) groups excluding carboxylic acids is 1. The van der Waals surface area contributed by atoms with E-state index in [2.05, 4.69) is 5.32 Å². The zero-order chi connectivity index (χ0) is 19.7. The van der Waals surface area contributed by atoms with Gasteiger partial charge in [-0.15, -0.1) is 0 Å². The Labute approximate surface area is 165 Å². The maximum Gasteiger partial charge on any atom is 0.272 e. The molecule has 0 aliphatic rings. The largest absolute Gasteiger partial charge is 0.494 e. The first-order valence-corrected chi connectivity index (χ1v) is 9.58. The first-order chi connectivity index (χ1) is 12.9. The molecule has 2 aromatic carbocycles. The first-order valence-electron chi connectivity index (χ1n) is 9.21. The van der Waals surface area contributed by atoms with E-state index >= 15 is 0 Å². The summed E-state index contributed by atoms with van der Waals surface area (Å²) in [4.78, 5) is 13.2. The number of nitrogens with one attached hydrogen (secondary N) is 1. The SMILES string of the molecule is CCOc1ccc2c(c1)c(C)c(C(=O)Nc1c(C)cc(C)cc1Cl)n2CC. The lowest BCUT2D eigenvalue weighted by Crippen LogP contribution is -2.18. The highest BCUT2D eigenvalue weighted by molar-refractivity contribution is 6.34. The number of rotatable bonds is 5. The van der Waals surface area contributed by atoms with Crippen molar-refractivity contribution >= 4 is 34.1 Å². The second-order valence-electron chi connectivity index (χ2n) is 6.72. The Morgan fingerprint density at radius 3 is 2.52 bits per heavy atom. The van der Waals surface area contributed by atoms with Gasteiger partial charge in [-0.1, -0.05) is 17.7 Å². The third-order valence-corrected chi connectivity index (χ3v) is 5.10. The number of nitrogens with zero attached hydrogens (tertiary/aromatic N) is 1. The van der Waals surface area contributed by atoms with Gasteiger partial charge in [-0.2, -0.15) is 0 Å². The number of hydrogen-bond donors (Lipinski definition) is 1. The van der Waals surface area contributed by atoms with Crippen LogP contribution in [0.5, 0.6) is 5.75 Å². The van der Waals surface area contributed by atoms with E-state index in [1.807, 2.05) is 69.5 Å². The molecule has 0 aliphatic carbocycles. The van der Waals surface area contributed by atoms with E-state index in [4.69, 9.17) is 16.3 Å². The fourth-order valence-corrected chi connectivity index (χ4v) is 3.99. The van der Waals surface area contributed by atoms with Gasteiger partial charge in [0.25, 0.3) is 5.91 Å². The second-order valence-corrected chi connectivity index (χ2v) is 7.13. The molecule has 0 spiro atoms. The summed E-state index contributed by atoms with van der Waals surface area (Å²) in [5.41, 5.74) is 5.29. The molecule has 4 nitrogen and oxygen atoms in total. The summed E-state index contributed by atoms with van der Waals surface area (Å²) in [6, 6.07) is 9.83. The van der Waals surface area contributed by atoms with Crippen LogP contribution in [0.4, 0.5) is 5.69 Å². The average Bonchev–Trinajstić information content (AvgIpc) is 2.90. The third-order valence-electron chi connectivity index (χ3n) is 4.80. The Morgan fingerprint density at radius 2 is 1.89 bits per heavy atom. The average molecular weight is 385 g/mol. The Kier molecular flexibility index (Phi) is 5.47. The summed E-state index contributed by atoms with van der Waals surface area (Å²) in [5, 5.41) is 4.59. The van der Waals surface area contributed by atoms with Crippen molar-refractivity contribution in [2.45, 2.75) is 41.2 Å². The van der Waals surface area contributed by atoms with Crippen LogP contribution >= 0.6 is 11.6 Å². The predicted molar refractivity (Wildman–Crippen MR) is 112 cm³/mol. The highest BCUT2D eigenvalue weighted by Gasteiger charge is 2.21. The summed E-state index contributed by atoms with van der Waals surface area (Å²) < 4.78 is 7.66. The molecular weight excluding hydrogens is 360 g/mol. The van der Waals surface area contributed by atoms with Crippen molar-refractivity contribution in [2.75, 3.05) is 11.9 Å². The Hall–Kier alpha value is -2.46. The molecule has 0 aliphatic heterocycles. The second kappa shape index (κ2) is 7.65. The van der Waals surface area contributed by atoms with Gasteiger partial charge in [-0.3, -0.25) is 4.79 Å². The normalized spacial score (nSPS) is 11.0. The van der Waals surface area contributed by atoms with Crippen LogP contribution in [0.3, 0.4) is 0 Å². The van der Waals surface area contributed by atoms with Crippen LogP contribution in [0.1, 0.15) is 41.0 Å². The van der Waals surface area contributed by atoms with E-state index < -0.39 is 0 Å². The van der Waals surface area contributed by atoms with Crippen molar-refractivity contribution < 1.29 is 9.53 Å². The number of anilines is 1. The summed E-state index contributed by atoms with van der Waals surface area (Å²) in [5.74, 6) is 0.656. The fraction of sp³-hybridized carbons (Fsp3) is 0.318. The number of benzene rings is 2. The molecule has 1 heterocycles. The molecule has 0 bridgehead atoms. The molecule has 0 unspecified atom stereocenters. The molecule has 1 N–H and O–H groups in total. The van der Waals surface area contributed by atoms with Crippen molar-refractivity contribution in [1.29, 1.82) is 0 Å². The van der Waals surface area contributed by atoms with Crippen LogP contribution in [0.2, 0.25) is 5.02 Å². The van der Waals surface area contributed by atoms with Gasteiger partial charge in [0.05, 0.1) is 17.3 Å². The van der Waals surface area contributed by atoms with Crippen LogP contribution in [0.25, 0.3) is 10.9 Å². The van der Waals surface area contributed by atoms with E-state index in [9.17, 15) is 4.79 Å². The van der Waals surface area contributed by atoms with Crippen LogP contribution in [-0.4, -0.2) is 17.1 Å². The molecule has 3 rings (SSSR count). The highest BCUT2D eigenvalue weighted by atomic mass is 35.5. The zero-order valence-electron chi connectivity index (χ0n) is 16.4.